The first-order chi connectivity index (χ1) is 6.92. The van der Waals surface area contributed by atoms with E-state index in [-0.39, 0.29) is 6.10 Å². The molecule has 2 nitrogen and oxygen atoms in total. The Labute approximate surface area is 83.5 Å². The molecule has 2 rings (SSSR count). The van der Waals surface area contributed by atoms with Crippen LogP contribution in [0.4, 0.5) is 0 Å². The maximum absolute atomic E-state index is 5.46. The van der Waals surface area contributed by atoms with Gasteiger partial charge in [0.05, 0.1) is 0 Å². The molecular formula is C12H13NO. The first-order valence-electron chi connectivity index (χ1n) is 4.62. The van der Waals surface area contributed by atoms with Crippen molar-refractivity contribution in [3.05, 3.63) is 59.9 Å². The predicted octanol–water partition coefficient (Wildman–Crippen LogP) is 2.75. The summed E-state index contributed by atoms with van der Waals surface area (Å²) < 4.78 is 5.46. The van der Waals surface area contributed by atoms with Crippen molar-refractivity contribution >= 4 is 0 Å². The molecule has 72 valence electrons. The normalized spacial score (nSPS) is 12.6. The third kappa shape index (κ3) is 1.70. The van der Waals surface area contributed by atoms with E-state index in [9.17, 15) is 0 Å². The summed E-state index contributed by atoms with van der Waals surface area (Å²) in [6.45, 7) is 0. The molecule has 0 fully saturated rings. The molecular weight excluding hydrogens is 174 g/mol. The Kier molecular flexibility index (Phi) is 2.65. The smallest absolute Gasteiger partial charge is 0.109 e. The molecule has 0 spiro atoms. The molecule has 0 saturated heterocycles. The van der Waals surface area contributed by atoms with Crippen LogP contribution >= 0.6 is 0 Å². The first kappa shape index (κ1) is 9.03. The van der Waals surface area contributed by atoms with Crippen molar-refractivity contribution in [1.82, 2.24) is 4.98 Å². The summed E-state index contributed by atoms with van der Waals surface area (Å²) in [5.41, 5.74) is 2.33. The first-order valence-corrected chi connectivity index (χ1v) is 4.62. The topological polar surface area (TPSA) is 25.0 Å². The van der Waals surface area contributed by atoms with Crippen LogP contribution in [0.5, 0.6) is 0 Å². The predicted molar refractivity (Wildman–Crippen MR) is 56.1 cm³/mol. The minimum absolute atomic E-state index is 0.0300. The lowest BCUT2D eigenvalue weighted by molar-refractivity contribution is 0.136. The second-order valence-electron chi connectivity index (χ2n) is 3.17. The fraction of sp³-hybridized carbons (Fsp3) is 0.167. The van der Waals surface area contributed by atoms with Crippen LogP contribution in [0, 0.1) is 0 Å². The van der Waals surface area contributed by atoms with Gasteiger partial charge in [0.15, 0.2) is 0 Å². The minimum atomic E-state index is 0.0300. The molecule has 2 aromatic rings. The largest absolute Gasteiger partial charge is 0.372 e. The van der Waals surface area contributed by atoms with Crippen LogP contribution in [0.3, 0.4) is 0 Å². The van der Waals surface area contributed by atoms with E-state index in [1.807, 2.05) is 36.7 Å². The Bertz CT molecular complexity index is 366. The van der Waals surface area contributed by atoms with Gasteiger partial charge in [-0.15, -0.1) is 0 Å². The summed E-state index contributed by atoms with van der Waals surface area (Å²) in [5.74, 6) is 0. The van der Waals surface area contributed by atoms with Crippen LogP contribution in [0.2, 0.25) is 0 Å². The van der Waals surface area contributed by atoms with Gasteiger partial charge in [-0.2, -0.15) is 0 Å². The number of aromatic amines is 1. The van der Waals surface area contributed by atoms with Gasteiger partial charge in [-0.1, -0.05) is 30.3 Å². The molecule has 1 atom stereocenters. The number of H-pyrrole nitrogens is 1. The number of aromatic nitrogens is 1. The molecule has 1 N–H and O–H groups in total. The Morgan fingerprint density at radius 1 is 1.07 bits per heavy atom. The molecule has 2 heteroatoms. The maximum atomic E-state index is 5.46. The zero-order valence-electron chi connectivity index (χ0n) is 8.10. The van der Waals surface area contributed by atoms with E-state index < -0.39 is 0 Å². The number of benzene rings is 1. The zero-order chi connectivity index (χ0) is 9.80. The highest BCUT2D eigenvalue weighted by atomic mass is 16.5. The Balaban J connectivity index is 2.31. The highest BCUT2D eigenvalue weighted by Crippen LogP contribution is 2.24. The molecule has 1 heterocycles. The van der Waals surface area contributed by atoms with Crippen molar-refractivity contribution in [3.8, 4) is 0 Å². The van der Waals surface area contributed by atoms with Crippen LogP contribution in [0.15, 0.2) is 48.8 Å². The third-order valence-electron chi connectivity index (χ3n) is 2.26. The quantitative estimate of drug-likeness (QED) is 0.785. The highest BCUT2D eigenvalue weighted by Gasteiger charge is 2.12. The van der Waals surface area contributed by atoms with Crippen molar-refractivity contribution in [1.29, 1.82) is 0 Å². The number of methoxy groups -OCH3 is 1. The molecule has 0 aliphatic carbocycles. The second-order valence-corrected chi connectivity index (χ2v) is 3.17. The zero-order valence-corrected chi connectivity index (χ0v) is 8.10. The molecule has 0 saturated carbocycles. The average Bonchev–Trinajstić information content (AvgIpc) is 2.74. The van der Waals surface area contributed by atoms with Gasteiger partial charge in [0.1, 0.15) is 6.10 Å². The molecule has 0 radical (unpaired) electrons. The SMILES string of the molecule is COC(c1ccccc1)c1cc[nH]c1. The van der Waals surface area contributed by atoms with Gasteiger partial charge >= 0.3 is 0 Å². The highest BCUT2D eigenvalue weighted by molar-refractivity contribution is 5.28. The lowest BCUT2D eigenvalue weighted by Crippen LogP contribution is -2.01. The summed E-state index contributed by atoms with van der Waals surface area (Å²) in [6, 6.07) is 12.2. The average molecular weight is 187 g/mol. The van der Waals surface area contributed by atoms with Gasteiger partial charge in [-0.05, 0) is 11.6 Å². The monoisotopic (exact) mass is 187 g/mol. The van der Waals surface area contributed by atoms with Crippen LogP contribution in [-0.2, 0) is 4.74 Å². The van der Waals surface area contributed by atoms with Crippen LogP contribution in [0.1, 0.15) is 17.2 Å². The molecule has 1 aromatic heterocycles. The van der Waals surface area contributed by atoms with E-state index in [1.165, 1.54) is 5.56 Å². The maximum Gasteiger partial charge on any atom is 0.109 e. The molecule has 1 unspecified atom stereocenters. The van der Waals surface area contributed by atoms with E-state index in [0.717, 1.165) is 5.56 Å². The fourth-order valence-electron chi connectivity index (χ4n) is 1.59. The van der Waals surface area contributed by atoms with E-state index in [0.29, 0.717) is 0 Å². The number of hydrogen-bond donors (Lipinski definition) is 1. The van der Waals surface area contributed by atoms with E-state index in [4.69, 9.17) is 4.74 Å². The number of hydrogen-bond acceptors (Lipinski definition) is 1. The van der Waals surface area contributed by atoms with Gasteiger partial charge in [-0.25, -0.2) is 0 Å². The molecule has 1 aromatic carbocycles. The lowest BCUT2D eigenvalue weighted by atomic mass is 10.0. The summed E-state index contributed by atoms with van der Waals surface area (Å²) in [5, 5.41) is 0. The molecule has 0 bridgehead atoms. The van der Waals surface area contributed by atoms with Gasteiger partial charge in [-0.3, -0.25) is 0 Å². The van der Waals surface area contributed by atoms with Crippen molar-refractivity contribution in [2.45, 2.75) is 6.10 Å². The van der Waals surface area contributed by atoms with Gasteiger partial charge in [0, 0.05) is 25.1 Å². The van der Waals surface area contributed by atoms with E-state index in [2.05, 4.69) is 17.1 Å². The lowest BCUT2D eigenvalue weighted by Gasteiger charge is -2.13. The Hall–Kier alpha value is -1.54. The van der Waals surface area contributed by atoms with Gasteiger partial charge in [0.2, 0.25) is 0 Å². The Morgan fingerprint density at radius 3 is 2.43 bits per heavy atom. The third-order valence-corrected chi connectivity index (χ3v) is 2.26. The van der Waals surface area contributed by atoms with Crippen molar-refractivity contribution < 1.29 is 4.74 Å². The van der Waals surface area contributed by atoms with Crippen molar-refractivity contribution in [2.24, 2.45) is 0 Å². The standard InChI is InChI=1S/C12H13NO/c1-14-12(11-7-8-13-9-11)10-5-3-2-4-6-10/h2-9,12-13H,1H3. The Morgan fingerprint density at radius 2 is 1.86 bits per heavy atom. The summed E-state index contributed by atoms with van der Waals surface area (Å²) in [4.78, 5) is 3.03. The van der Waals surface area contributed by atoms with Crippen LogP contribution in [0.25, 0.3) is 0 Å². The summed E-state index contributed by atoms with van der Waals surface area (Å²) >= 11 is 0. The van der Waals surface area contributed by atoms with Crippen molar-refractivity contribution in [2.75, 3.05) is 7.11 Å². The second kappa shape index (κ2) is 4.11. The van der Waals surface area contributed by atoms with E-state index >= 15 is 0 Å². The molecule has 0 aliphatic rings. The van der Waals surface area contributed by atoms with Gasteiger partial charge in [0.25, 0.3) is 0 Å². The summed E-state index contributed by atoms with van der Waals surface area (Å²) in [6.07, 6.45) is 3.90. The number of rotatable bonds is 3. The van der Waals surface area contributed by atoms with Crippen LogP contribution in [-0.4, -0.2) is 12.1 Å². The fourth-order valence-corrected chi connectivity index (χ4v) is 1.59. The summed E-state index contributed by atoms with van der Waals surface area (Å²) in [7, 11) is 1.73. The number of ether oxygens (including phenoxy) is 1. The molecule has 0 aliphatic heterocycles. The van der Waals surface area contributed by atoms with E-state index in [1.54, 1.807) is 7.11 Å². The van der Waals surface area contributed by atoms with Crippen LogP contribution < -0.4 is 0 Å². The molecule has 14 heavy (non-hydrogen) atoms. The van der Waals surface area contributed by atoms with Gasteiger partial charge < -0.3 is 9.72 Å². The van der Waals surface area contributed by atoms with Crippen molar-refractivity contribution in [3.63, 3.8) is 0 Å². The minimum Gasteiger partial charge on any atom is -0.372 e. The molecule has 0 amide bonds. The number of nitrogens with one attached hydrogen (secondary N) is 1.